The summed E-state index contributed by atoms with van der Waals surface area (Å²) >= 11 is 0. The molecule has 0 spiro atoms. The molecule has 0 unspecified atom stereocenters. The Morgan fingerprint density at radius 2 is 2.05 bits per heavy atom. The average Bonchev–Trinajstić information content (AvgIpc) is 2.42. The fourth-order valence-corrected chi connectivity index (χ4v) is 2.92. The summed E-state index contributed by atoms with van der Waals surface area (Å²) in [6, 6.07) is 8.25. The van der Waals surface area contributed by atoms with Gasteiger partial charge in [-0.1, -0.05) is 0 Å². The fourth-order valence-electron chi connectivity index (χ4n) is 2.92. The Labute approximate surface area is 121 Å². The number of rotatable bonds is 4. The van der Waals surface area contributed by atoms with Crippen molar-refractivity contribution in [1.82, 2.24) is 4.90 Å². The van der Waals surface area contributed by atoms with E-state index in [1.165, 1.54) is 25.1 Å². The Hall–Kier alpha value is -1.73. The molecule has 1 aromatic rings. The minimum absolute atomic E-state index is 0.386. The van der Waals surface area contributed by atoms with Crippen LogP contribution in [-0.4, -0.2) is 38.6 Å². The van der Waals surface area contributed by atoms with Gasteiger partial charge in [0.25, 0.3) is 0 Å². The van der Waals surface area contributed by atoms with Gasteiger partial charge in [0, 0.05) is 31.0 Å². The first-order valence-electron chi connectivity index (χ1n) is 7.25. The zero-order chi connectivity index (χ0) is 14.5. The number of nitrogen functional groups attached to an aromatic ring is 1. The highest BCUT2D eigenvalue weighted by atomic mass is 15.1. The van der Waals surface area contributed by atoms with Crippen LogP contribution in [0, 0.1) is 17.2 Å². The van der Waals surface area contributed by atoms with Crippen LogP contribution in [0.1, 0.15) is 18.4 Å². The monoisotopic (exact) mass is 272 g/mol. The van der Waals surface area contributed by atoms with E-state index in [1.54, 1.807) is 0 Å². The van der Waals surface area contributed by atoms with Crippen molar-refractivity contribution >= 4 is 11.4 Å². The van der Waals surface area contributed by atoms with E-state index in [2.05, 4.69) is 42.1 Å². The largest absolute Gasteiger partial charge is 0.398 e. The summed E-state index contributed by atoms with van der Waals surface area (Å²) in [5.41, 5.74) is 8.77. The summed E-state index contributed by atoms with van der Waals surface area (Å²) < 4.78 is 0. The van der Waals surface area contributed by atoms with Gasteiger partial charge in [-0.3, -0.25) is 0 Å². The Kier molecular flexibility index (Phi) is 4.86. The number of hydrogen-bond donors (Lipinski definition) is 1. The number of benzene rings is 1. The summed E-state index contributed by atoms with van der Waals surface area (Å²) in [6.45, 7) is 3.36. The third-order valence-electron chi connectivity index (χ3n) is 4.00. The predicted molar refractivity (Wildman–Crippen MR) is 83.7 cm³/mol. The number of hydrogen-bond acceptors (Lipinski definition) is 4. The highest BCUT2D eigenvalue weighted by molar-refractivity contribution is 5.59. The number of piperidine rings is 1. The molecule has 0 saturated carbocycles. The molecule has 1 aromatic carbocycles. The SMILES string of the molecule is CN(C)CC1CCN(c2ccc(N)c(CC#N)c2)CC1. The van der Waals surface area contributed by atoms with Gasteiger partial charge in [0.2, 0.25) is 0 Å². The molecule has 0 radical (unpaired) electrons. The lowest BCUT2D eigenvalue weighted by atomic mass is 9.95. The van der Waals surface area contributed by atoms with Crippen LogP contribution in [0.15, 0.2) is 18.2 Å². The molecule has 1 fully saturated rings. The molecule has 2 rings (SSSR count). The normalized spacial score (nSPS) is 16.4. The molecule has 0 aromatic heterocycles. The van der Waals surface area contributed by atoms with E-state index < -0.39 is 0 Å². The van der Waals surface area contributed by atoms with Crippen molar-refractivity contribution in [2.75, 3.05) is 44.4 Å². The highest BCUT2D eigenvalue weighted by Crippen LogP contribution is 2.26. The molecule has 0 bridgehead atoms. The highest BCUT2D eigenvalue weighted by Gasteiger charge is 2.20. The Morgan fingerprint density at radius 1 is 1.35 bits per heavy atom. The summed E-state index contributed by atoms with van der Waals surface area (Å²) in [6.07, 6.45) is 2.85. The second kappa shape index (κ2) is 6.62. The first-order chi connectivity index (χ1) is 9.60. The van der Waals surface area contributed by atoms with Crippen LogP contribution in [0.2, 0.25) is 0 Å². The van der Waals surface area contributed by atoms with Crippen LogP contribution in [0.5, 0.6) is 0 Å². The van der Waals surface area contributed by atoms with Gasteiger partial charge in [0.1, 0.15) is 0 Å². The molecule has 4 nitrogen and oxygen atoms in total. The van der Waals surface area contributed by atoms with Crippen LogP contribution in [0.25, 0.3) is 0 Å². The van der Waals surface area contributed by atoms with Gasteiger partial charge in [-0.05, 0) is 56.6 Å². The fraction of sp³-hybridized carbons (Fsp3) is 0.562. The topological polar surface area (TPSA) is 56.3 Å². The smallest absolute Gasteiger partial charge is 0.0670 e. The lowest BCUT2D eigenvalue weighted by Gasteiger charge is -2.35. The first-order valence-corrected chi connectivity index (χ1v) is 7.25. The molecular weight excluding hydrogens is 248 g/mol. The number of nitriles is 1. The van der Waals surface area contributed by atoms with Crippen molar-refractivity contribution in [1.29, 1.82) is 5.26 Å². The van der Waals surface area contributed by atoms with Gasteiger partial charge >= 0.3 is 0 Å². The minimum Gasteiger partial charge on any atom is -0.398 e. The molecule has 1 heterocycles. The first kappa shape index (κ1) is 14.7. The third-order valence-corrected chi connectivity index (χ3v) is 4.00. The van der Waals surface area contributed by atoms with E-state index in [1.807, 2.05) is 6.07 Å². The molecule has 0 atom stereocenters. The van der Waals surface area contributed by atoms with Crippen molar-refractivity contribution in [2.24, 2.45) is 5.92 Å². The molecule has 2 N–H and O–H groups in total. The van der Waals surface area contributed by atoms with Gasteiger partial charge in [-0.2, -0.15) is 5.26 Å². The van der Waals surface area contributed by atoms with Crippen molar-refractivity contribution in [3.8, 4) is 6.07 Å². The summed E-state index contributed by atoms with van der Waals surface area (Å²) in [5.74, 6) is 0.800. The van der Waals surface area contributed by atoms with Crippen molar-refractivity contribution in [3.63, 3.8) is 0 Å². The van der Waals surface area contributed by atoms with Gasteiger partial charge < -0.3 is 15.5 Å². The van der Waals surface area contributed by atoms with E-state index in [9.17, 15) is 0 Å². The van der Waals surface area contributed by atoms with E-state index in [0.29, 0.717) is 6.42 Å². The summed E-state index contributed by atoms with van der Waals surface area (Å²) in [5, 5.41) is 8.84. The number of nitrogens with two attached hydrogens (primary N) is 1. The number of nitrogens with zero attached hydrogens (tertiary/aromatic N) is 3. The Bertz CT molecular complexity index is 482. The van der Waals surface area contributed by atoms with Crippen LogP contribution in [0.3, 0.4) is 0 Å². The molecule has 1 aliphatic rings. The van der Waals surface area contributed by atoms with Gasteiger partial charge in [-0.25, -0.2) is 0 Å². The zero-order valence-corrected chi connectivity index (χ0v) is 12.5. The standard InChI is InChI=1S/C16H24N4/c1-19(2)12-13-6-9-20(10-7-13)15-3-4-16(18)14(11-15)5-8-17/h3-4,11,13H,5-7,9-10,12,18H2,1-2H3. The number of anilines is 2. The molecule has 20 heavy (non-hydrogen) atoms. The molecule has 1 aliphatic heterocycles. The Balaban J connectivity index is 2.00. The molecule has 0 amide bonds. The lowest BCUT2D eigenvalue weighted by Crippen LogP contribution is -2.37. The molecule has 108 valence electrons. The molecule has 0 aliphatic carbocycles. The van der Waals surface area contributed by atoms with E-state index in [4.69, 9.17) is 11.0 Å². The molecule has 4 heteroatoms. The quantitative estimate of drug-likeness (QED) is 0.853. The van der Waals surface area contributed by atoms with Crippen molar-refractivity contribution in [2.45, 2.75) is 19.3 Å². The summed E-state index contributed by atoms with van der Waals surface area (Å²) in [7, 11) is 4.28. The zero-order valence-electron chi connectivity index (χ0n) is 12.5. The van der Waals surface area contributed by atoms with Gasteiger partial charge in [0.05, 0.1) is 12.5 Å². The predicted octanol–water partition coefficient (Wildman–Crippen LogP) is 2.11. The summed E-state index contributed by atoms with van der Waals surface area (Å²) in [4.78, 5) is 4.68. The van der Waals surface area contributed by atoms with Crippen LogP contribution < -0.4 is 10.6 Å². The third kappa shape index (κ3) is 3.64. The molecular formula is C16H24N4. The maximum atomic E-state index is 8.84. The van der Waals surface area contributed by atoms with Crippen LogP contribution in [-0.2, 0) is 6.42 Å². The van der Waals surface area contributed by atoms with Gasteiger partial charge in [0.15, 0.2) is 0 Å². The van der Waals surface area contributed by atoms with Crippen molar-refractivity contribution in [3.05, 3.63) is 23.8 Å². The van der Waals surface area contributed by atoms with Crippen LogP contribution in [0.4, 0.5) is 11.4 Å². The minimum atomic E-state index is 0.386. The second-order valence-corrected chi connectivity index (χ2v) is 5.91. The van der Waals surface area contributed by atoms with Crippen molar-refractivity contribution < 1.29 is 0 Å². The maximum absolute atomic E-state index is 8.84. The van der Waals surface area contributed by atoms with E-state index in [-0.39, 0.29) is 0 Å². The molecule has 1 saturated heterocycles. The average molecular weight is 272 g/mol. The Morgan fingerprint density at radius 3 is 2.65 bits per heavy atom. The van der Waals surface area contributed by atoms with Crippen LogP contribution >= 0.6 is 0 Å². The second-order valence-electron chi connectivity index (χ2n) is 5.91. The van der Waals surface area contributed by atoms with E-state index in [0.717, 1.165) is 30.3 Å². The van der Waals surface area contributed by atoms with Gasteiger partial charge in [-0.15, -0.1) is 0 Å². The lowest BCUT2D eigenvalue weighted by molar-refractivity contribution is 0.285. The maximum Gasteiger partial charge on any atom is 0.0670 e. The van der Waals surface area contributed by atoms with E-state index >= 15 is 0 Å².